The third-order valence-electron chi connectivity index (χ3n) is 6.55. The Hall–Kier alpha value is -4.02. The van der Waals surface area contributed by atoms with Crippen molar-refractivity contribution in [2.45, 2.75) is 33.3 Å². The lowest BCUT2D eigenvalue weighted by atomic mass is 9.73. The molecule has 6 rings (SSSR count). The molecule has 0 saturated carbocycles. The molecular weight excluding hydrogens is 465 g/mol. The number of hydrogen-bond donors (Lipinski definition) is 0. The Kier molecular flexibility index (Phi) is 4.67. The largest absolute Gasteiger partial charge is 0.444 e. The summed E-state index contributed by atoms with van der Waals surface area (Å²) in [6.45, 7) is 10.3. The Bertz CT molecular complexity index is 1590. The van der Waals surface area contributed by atoms with E-state index in [-0.39, 0.29) is 23.0 Å². The average Bonchev–Trinajstić information content (AvgIpc) is 3.11. The van der Waals surface area contributed by atoms with Crippen molar-refractivity contribution in [3.05, 3.63) is 58.8 Å². The molecule has 0 aliphatic carbocycles. The van der Waals surface area contributed by atoms with Gasteiger partial charge in [0.2, 0.25) is 0 Å². The Morgan fingerprint density at radius 3 is 2.53 bits per heavy atom. The average molecular weight is 492 g/mol. The molecule has 6 heterocycles. The highest BCUT2D eigenvalue weighted by Crippen LogP contribution is 2.42. The lowest BCUT2D eigenvalue weighted by Gasteiger charge is -2.60. The molecule has 2 saturated heterocycles. The summed E-state index contributed by atoms with van der Waals surface area (Å²) in [5, 5.41) is 0. The minimum atomic E-state index is -0.509. The number of likely N-dealkylation sites (tertiary alicyclic amines) is 1. The van der Waals surface area contributed by atoms with E-state index in [0.717, 1.165) is 18.8 Å². The highest BCUT2D eigenvalue weighted by Gasteiger charge is 2.54. The first-order valence-electron chi connectivity index (χ1n) is 11.8. The molecule has 0 unspecified atom stereocenters. The standard InChI is InChI=1S/C25H26FN7O3/c1-15-8-30-9-16(7-18(26)21(30)27-15)20-28-19-6-5-17(10-33(19)22(34)29-20)31-11-25(12-31)13-32(14-25)23(35)36-24(2,3)4/h5-10H,11-14H2,1-4H3. The number of rotatable bonds is 2. The number of carbonyl (C=O) groups excluding carboxylic acids is 1. The van der Waals surface area contributed by atoms with E-state index in [9.17, 15) is 14.0 Å². The zero-order valence-electron chi connectivity index (χ0n) is 20.5. The Labute approximate surface area is 206 Å². The van der Waals surface area contributed by atoms with E-state index in [4.69, 9.17) is 4.74 Å². The number of pyridine rings is 2. The van der Waals surface area contributed by atoms with Gasteiger partial charge < -0.3 is 18.9 Å². The van der Waals surface area contributed by atoms with Gasteiger partial charge >= 0.3 is 11.8 Å². The fourth-order valence-electron chi connectivity index (χ4n) is 4.99. The molecule has 4 aromatic heterocycles. The van der Waals surface area contributed by atoms with E-state index < -0.39 is 17.1 Å². The van der Waals surface area contributed by atoms with Gasteiger partial charge in [0.1, 0.15) is 11.2 Å². The van der Waals surface area contributed by atoms with E-state index in [1.165, 1.54) is 10.5 Å². The van der Waals surface area contributed by atoms with Crippen LogP contribution >= 0.6 is 0 Å². The number of halogens is 1. The van der Waals surface area contributed by atoms with Crippen LogP contribution in [-0.4, -0.2) is 66.5 Å². The van der Waals surface area contributed by atoms with Crippen LogP contribution in [0.15, 0.2) is 41.6 Å². The maximum atomic E-state index is 14.5. The predicted octanol–water partition coefficient (Wildman–Crippen LogP) is 2.91. The maximum absolute atomic E-state index is 14.5. The molecule has 10 nitrogen and oxygen atoms in total. The predicted molar refractivity (Wildman–Crippen MR) is 131 cm³/mol. The van der Waals surface area contributed by atoms with Crippen molar-refractivity contribution in [3.8, 4) is 11.4 Å². The number of imidazole rings is 1. The van der Waals surface area contributed by atoms with Crippen molar-refractivity contribution < 1.29 is 13.9 Å². The van der Waals surface area contributed by atoms with Gasteiger partial charge in [-0.05, 0) is 45.9 Å². The molecular formula is C25H26FN7O3. The Balaban J connectivity index is 1.20. The summed E-state index contributed by atoms with van der Waals surface area (Å²) in [6, 6.07) is 4.96. The summed E-state index contributed by atoms with van der Waals surface area (Å²) in [4.78, 5) is 41.7. The quantitative estimate of drug-likeness (QED) is 0.425. The number of amides is 1. The number of aryl methyl sites for hydroxylation is 1. The van der Waals surface area contributed by atoms with Crippen LogP contribution < -0.4 is 10.6 Å². The van der Waals surface area contributed by atoms with Crippen molar-refractivity contribution >= 4 is 23.1 Å². The fourth-order valence-corrected chi connectivity index (χ4v) is 4.99. The number of anilines is 1. The number of ether oxygens (including phenoxy) is 1. The van der Waals surface area contributed by atoms with Gasteiger partial charge in [-0.3, -0.25) is 0 Å². The van der Waals surface area contributed by atoms with E-state index in [1.54, 1.807) is 40.9 Å². The second-order valence-corrected chi connectivity index (χ2v) is 10.8. The molecule has 2 fully saturated rings. The maximum Gasteiger partial charge on any atom is 0.410 e. The first kappa shape index (κ1) is 22.4. The van der Waals surface area contributed by atoms with Gasteiger partial charge in [0.05, 0.1) is 11.4 Å². The summed E-state index contributed by atoms with van der Waals surface area (Å²) >= 11 is 0. The highest BCUT2D eigenvalue weighted by molar-refractivity contribution is 5.70. The first-order chi connectivity index (χ1) is 17.0. The van der Waals surface area contributed by atoms with Crippen molar-refractivity contribution in [1.29, 1.82) is 0 Å². The number of nitrogens with zero attached hydrogens (tertiary/aromatic N) is 7. The minimum Gasteiger partial charge on any atom is -0.444 e. The topological polar surface area (TPSA) is 97.3 Å². The molecule has 0 radical (unpaired) electrons. The monoisotopic (exact) mass is 491 g/mol. The van der Waals surface area contributed by atoms with Crippen LogP contribution in [0.2, 0.25) is 0 Å². The molecule has 11 heteroatoms. The van der Waals surface area contributed by atoms with E-state index in [0.29, 0.717) is 30.0 Å². The van der Waals surface area contributed by atoms with Crippen LogP contribution in [0.5, 0.6) is 0 Å². The molecule has 0 aromatic carbocycles. The van der Waals surface area contributed by atoms with Gasteiger partial charge in [0.15, 0.2) is 17.3 Å². The van der Waals surface area contributed by atoms with Crippen LogP contribution in [0.1, 0.15) is 26.5 Å². The van der Waals surface area contributed by atoms with Gasteiger partial charge in [0, 0.05) is 55.7 Å². The molecule has 1 spiro atoms. The number of fused-ring (bicyclic) bond motifs is 2. The number of hydrogen-bond acceptors (Lipinski definition) is 7. The van der Waals surface area contributed by atoms with Gasteiger partial charge in [-0.25, -0.2) is 28.3 Å². The van der Waals surface area contributed by atoms with Gasteiger partial charge in [-0.1, -0.05) is 0 Å². The number of carbonyl (C=O) groups is 1. The van der Waals surface area contributed by atoms with Crippen LogP contribution in [-0.2, 0) is 4.74 Å². The van der Waals surface area contributed by atoms with Gasteiger partial charge in [-0.15, -0.1) is 0 Å². The third-order valence-corrected chi connectivity index (χ3v) is 6.55. The molecule has 0 atom stereocenters. The van der Waals surface area contributed by atoms with Crippen molar-refractivity contribution in [3.63, 3.8) is 0 Å². The molecule has 36 heavy (non-hydrogen) atoms. The first-order valence-corrected chi connectivity index (χ1v) is 11.8. The van der Waals surface area contributed by atoms with Crippen LogP contribution in [0.4, 0.5) is 14.9 Å². The van der Waals surface area contributed by atoms with Crippen molar-refractivity contribution in [2.24, 2.45) is 5.41 Å². The second kappa shape index (κ2) is 7.49. The normalized spacial score (nSPS) is 16.9. The smallest absolute Gasteiger partial charge is 0.410 e. The van der Waals surface area contributed by atoms with Gasteiger partial charge in [0.25, 0.3) is 0 Å². The molecule has 186 valence electrons. The molecule has 4 aromatic rings. The summed E-state index contributed by atoms with van der Waals surface area (Å²) in [5.74, 6) is -0.354. The van der Waals surface area contributed by atoms with Crippen LogP contribution in [0.3, 0.4) is 0 Å². The summed E-state index contributed by atoms with van der Waals surface area (Å²) < 4.78 is 22.9. The number of aromatic nitrogens is 5. The molecule has 0 N–H and O–H groups in total. The lowest BCUT2D eigenvalue weighted by molar-refractivity contribution is -0.0453. The zero-order valence-corrected chi connectivity index (χ0v) is 20.5. The van der Waals surface area contributed by atoms with Crippen LogP contribution in [0, 0.1) is 18.2 Å². The summed E-state index contributed by atoms with van der Waals surface area (Å²) in [5.41, 5.74) is 1.65. The van der Waals surface area contributed by atoms with E-state index >= 15 is 0 Å². The van der Waals surface area contributed by atoms with Crippen molar-refractivity contribution in [2.75, 3.05) is 31.1 Å². The summed E-state index contributed by atoms with van der Waals surface area (Å²) in [7, 11) is 0. The third kappa shape index (κ3) is 3.75. The molecule has 2 aliphatic rings. The lowest BCUT2D eigenvalue weighted by Crippen LogP contribution is -2.73. The van der Waals surface area contributed by atoms with Crippen molar-refractivity contribution in [1.82, 2.24) is 28.7 Å². The van der Waals surface area contributed by atoms with E-state index in [1.807, 2.05) is 26.8 Å². The highest BCUT2D eigenvalue weighted by atomic mass is 19.1. The summed E-state index contributed by atoms with van der Waals surface area (Å²) in [6.07, 6.45) is 4.81. The Morgan fingerprint density at radius 2 is 1.81 bits per heavy atom. The van der Waals surface area contributed by atoms with Crippen LogP contribution in [0.25, 0.3) is 22.7 Å². The second-order valence-electron chi connectivity index (χ2n) is 10.8. The van der Waals surface area contributed by atoms with E-state index in [2.05, 4.69) is 19.9 Å². The SMILES string of the molecule is Cc1cn2cc(-c3nc(=O)n4cc(N5CC6(CN(C(=O)OC(C)(C)C)C6)C5)ccc4n3)cc(F)c2n1. The Morgan fingerprint density at radius 1 is 1.06 bits per heavy atom. The molecule has 1 amide bonds. The fraction of sp³-hybridized carbons (Fsp3) is 0.400. The molecule has 2 aliphatic heterocycles. The zero-order chi connectivity index (χ0) is 25.4. The van der Waals surface area contributed by atoms with Gasteiger partial charge in [-0.2, -0.15) is 4.98 Å². The minimum absolute atomic E-state index is 0.0611. The molecule has 0 bridgehead atoms.